The molecule has 0 fully saturated rings. The van der Waals surface area contributed by atoms with Gasteiger partial charge in [0.25, 0.3) is 5.91 Å². The van der Waals surface area contributed by atoms with Gasteiger partial charge in [0.15, 0.2) is 0 Å². The SMILES string of the molecule is N#Cc1ccc(NC(=O)C[C@H](NC(=O)c2ccccc2)c2ccccc2)cc1. The molecule has 0 saturated heterocycles. The summed E-state index contributed by atoms with van der Waals surface area (Å²) in [4.78, 5) is 25.1. The molecule has 138 valence electrons. The molecule has 0 saturated carbocycles. The Morgan fingerprint density at radius 3 is 2.07 bits per heavy atom. The number of nitriles is 1. The first-order valence-electron chi connectivity index (χ1n) is 8.86. The van der Waals surface area contributed by atoms with Gasteiger partial charge in [0, 0.05) is 11.3 Å². The minimum absolute atomic E-state index is 0.0859. The quantitative estimate of drug-likeness (QED) is 0.687. The highest BCUT2D eigenvalue weighted by Crippen LogP contribution is 2.19. The van der Waals surface area contributed by atoms with Crippen LogP contribution in [0.5, 0.6) is 0 Å². The molecular formula is C23H19N3O2. The average Bonchev–Trinajstić information content (AvgIpc) is 2.75. The Morgan fingerprint density at radius 1 is 0.857 bits per heavy atom. The van der Waals surface area contributed by atoms with Crippen molar-refractivity contribution in [3.8, 4) is 6.07 Å². The molecule has 0 bridgehead atoms. The second-order valence-corrected chi connectivity index (χ2v) is 6.24. The largest absolute Gasteiger partial charge is 0.345 e. The van der Waals surface area contributed by atoms with Gasteiger partial charge in [-0.2, -0.15) is 5.26 Å². The van der Waals surface area contributed by atoms with Crippen LogP contribution in [0.1, 0.15) is 33.9 Å². The molecule has 3 aromatic carbocycles. The van der Waals surface area contributed by atoms with E-state index in [1.807, 2.05) is 42.5 Å². The zero-order valence-corrected chi connectivity index (χ0v) is 15.1. The Bertz CT molecular complexity index is 978. The van der Waals surface area contributed by atoms with Crippen molar-refractivity contribution in [3.63, 3.8) is 0 Å². The highest BCUT2D eigenvalue weighted by atomic mass is 16.2. The highest BCUT2D eigenvalue weighted by molar-refractivity contribution is 5.95. The van der Waals surface area contributed by atoms with Crippen LogP contribution >= 0.6 is 0 Å². The van der Waals surface area contributed by atoms with Gasteiger partial charge in [-0.05, 0) is 42.0 Å². The topological polar surface area (TPSA) is 82.0 Å². The normalized spacial score (nSPS) is 11.1. The van der Waals surface area contributed by atoms with Gasteiger partial charge in [0.05, 0.1) is 24.1 Å². The maximum atomic E-state index is 12.6. The molecule has 0 aromatic heterocycles. The first-order valence-corrected chi connectivity index (χ1v) is 8.86. The Hall–Kier alpha value is -3.91. The van der Waals surface area contributed by atoms with E-state index in [9.17, 15) is 9.59 Å². The fourth-order valence-electron chi connectivity index (χ4n) is 2.79. The van der Waals surface area contributed by atoms with Crippen molar-refractivity contribution < 1.29 is 9.59 Å². The lowest BCUT2D eigenvalue weighted by Gasteiger charge is -2.19. The molecule has 3 aromatic rings. The van der Waals surface area contributed by atoms with Gasteiger partial charge in [0.2, 0.25) is 5.91 Å². The molecule has 2 N–H and O–H groups in total. The van der Waals surface area contributed by atoms with Crippen molar-refractivity contribution in [2.75, 3.05) is 5.32 Å². The lowest BCUT2D eigenvalue weighted by Crippen LogP contribution is -2.31. The number of rotatable bonds is 6. The second-order valence-electron chi connectivity index (χ2n) is 6.24. The highest BCUT2D eigenvalue weighted by Gasteiger charge is 2.19. The number of nitrogens with zero attached hydrogens (tertiary/aromatic N) is 1. The number of carbonyl (C=O) groups excluding carboxylic acids is 2. The lowest BCUT2D eigenvalue weighted by molar-refractivity contribution is -0.116. The first kappa shape index (κ1) is 18.9. The molecule has 0 heterocycles. The van der Waals surface area contributed by atoms with Crippen molar-refractivity contribution in [3.05, 3.63) is 102 Å². The summed E-state index contributed by atoms with van der Waals surface area (Å²) in [6.07, 6.45) is 0.0859. The Kier molecular flexibility index (Phi) is 6.17. The molecule has 3 rings (SSSR count). The maximum absolute atomic E-state index is 12.6. The number of nitrogens with one attached hydrogen (secondary N) is 2. The molecule has 0 aliphatic carbocycles. The molecule has 5 nitrogen and oxygen atoms in total. The van der Waals surface area contributed by atoms with Gasteiger partial charge < -0.3 is 10.6 Å². The summed E-state index contributed by atoms with van der Waals surface area (Å²) in [5.41, 5.74) is 2.51. The predicted molar refractivity (Wildman–Crippen MR) is 107 cm³/mol. The number of carbonyl (C=O) groups is 2. The van der Waals surface area contributed by atoms with Crippen LogP contribution < -0.4 is 10.6 Å². The average molecular weight is 369 g/mol. The number of anilines is 1. The summed E-state index contributed by atoms with van der Waals surface area (Å²) in [5.74, 6) is -0.465. The zero-order chi connectivity index (χ0) is 19.8. The molecule has 2 amide bonds. The summed E-state index contributed by atoms with van der Waals surface area (Å²) in [7, 11) is 0. The van der Waals surface area contributed by atoms with Crippen molar-refractivity contribution in [1.29, 1.82) is 5.26 Å². The summed E-state index contributed by atoms with van der Waals surface area (Å²) in [6, 6.07) is 26.5. The van der Waals surface area contributed by atoms with Crippen molar-refractivity contribution in [2.45, 2.75) is 12.5 Å². The Labute approximate surface area is 163 Å². The number of hydrogen-bond acceptors (Lipinski definition) is 3. The van der Waals surface area contributed by atoms with Crippen molar-refractivity contribution in [2.24, 2.45) is 0 Å². The van der Waals surface area contributed by atoms with E-state index in [0.29, 0.717) is 16.8 Å². The standard InChI is InChI=1S/C23H19N3O2/c24-16-17-11-13-20(14-12-17)25-22(27)15-21(18-7-3-1-4-8-18)26-23(28)19-9-5-2-6-10-19/h1-14,21H,15H2,(H,25,27)(H,26,28)/t21-/m0/s1. The lowest BCUT2D eigenvalue weighted by atomic mass is 10.0. The van der Waals surface area contributed by atoms with Gasteiger partial charge in [-0.1, -0.05) is 48.5 Å². The third kappa shape index (κ3) is 5.05. The van der Waals surface area contributed by atoms with Gasteiger partial charge in [0.1, 0.15) is 0 Å². The Morgan fingerprint density at radius 2 is 1.46 bits per heavy atom. The molecule has 28 heavy (non-hydrogen) atoms. The van der Waals surface area contributed by atoms with E-state index in [0.717, 1.165) is 5.56 Å². The van der Waals surface area contributed by atoms with Crippen LogP contribution in [0.2, 0.25) is 0 Å². The third-order valence-corrected chi connectivity index (χ3v) is 4.23. The van der Waals surface area contributed by atoms with E-state index in [-0.39, 0.29) is 18.2 Å². The van der Waals surface area contributed by atoms with E-state index in [1.165, 1.54) is 0 Å². The number of hydrogen-bond donors (Lipinski definition) is 2. The van der Waals surface area contributed by atoms with Gasteiger partial charge >= 0.3 is 0 Å². The monoisotopic (exact) mass is 369 g/mol. The van der Waals surface area contributed by atoms with Gasteiger partial charge in [-0.3, -0.25) is 9.59 Å². The first-order chi connectivity index (χ1) is 13.7. The van der Waals surface area contributed by atoms with Gasteiger partial charge in [-0.15, -0.1) is 0 Å². The van der Waals surface area contributed by atoms with Crippen LogP contribution in [0.3, 0.4) is 0 Å². The summed E-state index contributed by atoms with van der Waals surface area (Å²) in [5, 5.41) is 14.6. The van der Waals surface area contributed by atoms with Crippen LogP contribution in [0.25, 0.3) is 0 Å². The fourth-order valence-corrected chi connectivity index (χ4v) is 2.79. The van der Waals surface area contributed by atoms with Crippen LogP contribution in [0.15, 0.2) is 84.9 Å². The van der Waals surface area contributed by atoms with E-state index in [1.54, 1.807) is 48.5 Å². The zero-order valence-electron chi connectivity index (χ0n) is 15.1. The minimum atomic E-state index is -0.465. The smallest absolute Gasteiger partial charge is 0.251 e. The summed E-state index contributed by atoms with van der Waals surface area (Å²) >= 11 is 0. The van der Waals surface area contributed by atoms with E-state index < -0.39 is 6.04 Å². The summed E-state index contributed by atoms with van der Waals surface area (Å²) < 4.78 is 0. The molecule has 0 radical (unpaired) electrons. The van der Waals surface area contributed by atoms with Crippen molar-refractivity contribution >= 4 is 17.5 Å². The van der Waals surface area contributed by atoms with Crippen LogP contribution in [0, 0.1) is 11.3 Å². The molecule has 0 unspecified atom stereocenters. The fraction of sp³-hybridized carbons (Fsp3) is 0.0870. The van der Waals surface area contributed by atoms with Crippen LogP contribution in [-0.2, 0) is 4.79 Å². The van der Waals surface area contributed by atoms with Crippen LogP contribution in [0.4, 0.5) is 5.69 Å². The van der Waals surface area contributed by atoms with E-state index in [4.69, 9.17) is 5.26 Å². The summed E-state index contributed by atoms with van der Waals surface area (Å²) in [6.45, 7) is 0. The van der Waals surface area contributed by atoms with Crippen molar-refractivity contribution in [1.82, 2.24) is 5.32 Å². The molecule has 5 heteroatoms. The van der Waals surface area contributed by atoms with E-state index in [2.05, 4.69) is 10.6 Å². The number of benzene rings is 3. The molecular weight excluding hydrogens is 350 g/mol. The van der Waals surface area contributed by atoms with E-state index >= 15 is 0 Å². The van der Waals surface area contributed by atoms with Crippen LogP contribution in [-0.4, -0.2) is 11.8 Å². The molecule has 0 aliphatic heterocycles. The third-order valence-electron chi connectivity index (χ3n) is 4.23. The second kappa shape index (κ2) is 9.15. The maximum Gasteiger partial charge on any atom is 0.251 e. The molecule has 1 atom stereocenters. The minimum Gasteiger partial charge on any atom is -0.345 e. The van der Waals surface area contributed by atoms with Gasteiger partial charge in [-0.25, -0.2) is 0 Å². The number of amides is 2. The Balaban J connectivity index is 1.72. The molecule has 0 aliphatic rings. The molecule has 0 spiro atoms. The predicted octanol–water partition coefficient (Wildman–Crippen LogP) is 4.06.